The zero-order valence-corrected chi connectivity index (χ0v) is 13.7. The molecule has 1 aromatic carbocycles. The van der Waals surface area contributed by atoms with Crippen LogP contribution < -0.4 is 5.32 Å². The number of nitrogens with one attached hydrogen (secondary N) is 1. The van der Waals surface area contributed by atoms with Gasteiger partial charge in [-0.05, 0) is 19.0 Å². The maximum Gasteiger partial charge on any atom is 0.234 e. The van der Waals surface area contributed by atoms with Gasteiger partial charge in [-0.3, -0.25) is 9.69 Å². The zero-order chi connectivity index (χ0) is 17.0. The number of carbonyl (C=O) groups excluding carboxylic acids is 1. The monoisotopic (exact) mass is 346 g/mol. The molecule has 1 saturated heterocycles. The van der Waals surface area contributed by atoms with Gasteiger partial charge in [0.25, 0.3) is 0 Å². The number of hydrogen-bond donors (Lipinski definition) is 1. The second kappa shape index (κ2) is 7.35. The molecule has 0 bridgehead atoms. The predicted molar refractivity (Wildman–Crippen MR) is 82.5 cm³/mol. The lowest BCUT2D eigenvalue weighted by Crippen LogP contribution is -2.42. The molecule has 1 atom stereocenters. The molecule has 0 aliphatic carbocycles. The number of likely N-dealkylation sites (N-methyl/N-ethyl adjacent to an activating group) is 1. The summed E-state index contributed by atoms with van der Waals surface area (Å²) >= 11 is 0. The van der Waals surface area contributed by atoms with Crippen LogP contribution in [0.3, 0.4) is 0 Å². The van der Waals surface area contributed by atoms with Gasteiger partial charge in [0.2, 0.25) is 5.91 Å². The Morgan fingerprint density at radius 3 is 2.74 bits per heavy atom. The van der Waals surface area contributed by atoms with E-state index in [-0.39, 0.29) is 42.1 Å². The average Bonchev–Trinajstić information content (AvgIpc) is 2.81. The van der Waals surface area contributed by atoms with Gasteiger partial charge in [0.15, 0.2) is 21.5 Å². The van der Waals surface area contributed by atoms with E-state index in [1.165, 1.54) is 12.1 Å². The van der Waals surface area contributed by atoms with E-state index < -0.39 is 21.5 Å². The number of nitrogens with zero attached hydrogens (tertiary/aromatic N) is 1. The Labute approximate surface area is 134 Å². The van der Waals surface area contributed by atoms with E-state index in [0.717, 1.165) is 6.07 Å². The van der Waals surface area contributed by atoms with E-state index >= 15 is 0 Å². The lowest BCUT2D eigenvalue weighted by atomic mass is 10.2. The van der Waals surface area contributed by atoms with Gasteiger partial charge in [0.05, 0.1) is 18.1 Å². The van der Waals surface area contributed by atoms with Crippen molar-refractivity contribution in [3.05, 3.63) is 35.4 Å². The molecule has 5 nitrogen and oxygen atoms in total. The highest BCUT2D eigenvalue weighted by Crippen LogP contribution is 2.14. The van der Waals surface area contributed by atoms with Gasteiger partial charge in [-0.15, -0.1) is 0 Å². The molecule has 0 radical (unpaired) electrons. The Kier molecular flexibility index (Phi) is 5.69. The number of hydrogen-bond acceptors (Lipinski definition) is 4. The Morgan fingerprint density at radius 2 is 2.13 bits per heavy atom. The van der Waals surface area contributed by atoms with Crippen LogP contribution >= 0.6 is 0 Å². The van der Waals surface area contributed by atoms with Crippen molar-refractivity contribution < 1.29 is 22.0 Å². The quantitative estimate of drug-likeness (QED) is 0.837. The van der Waals surface area contributed by atoms with E-state index in [1.54, 1.807) is 4.90 Å². The smallest absolute Gasteiger partial charge is 0.234 e. The van der Waals surface area contributed by atoms with Crippen LogP contribution in [0.2, 0.25) is 0 Å². The molecule has 0 saturated carbocycles. The third-order valence-corrected chi connectivity index (χ3v) is 5.61. The maximum atomic E-state index is 13.7. The lowest BCUT2D eigenvalue weighted by Gasteiger charge is -2.21. The Hall–Kier alpha value is -1.54. The summed E-state index contributed by atoms with van der Waals surface area (Å²) in [5, 5.41) is 2.68. The van der Waals surface area contributed by atoms with Gasteiger partial charge >= 0.3 is 0 Å². The molecule has 128 valence electrons. The number of carbonyl (C=O) groups is 1. The fraction of sp³-hybridized carbons (Fsp3) is 0.533. The van der Waals surface area contributed by atoms with Crippen LogP contribution in [0.4, 0.5) is 8.78 Å². The van der Waals surface area contributed by atoms with E-state index in [9.17, 15) is 22.0 Å². The minimum atomic E-state index is -3.05. The molecule has 23 heavy (non-hydrogen) atoms. The summed E-state index contributed by atoms with van der Waals surface area (Å²) in [5.74, 6) is -2.09. The fourth-order valence-electron chi connectivity index (χ4n) is 2.58. The topological polar surface area (TPSA) is 66.5 Å². The van der Waals surface area contributed by atoms with Crippen molar-refractivity contribution >= 4 is 15.7 Å². The van der Waals surface area contributed by atoms with Crippen LogP contribution in [-0.2, 0) is 21.2 Å². The number of rotatable bonds is 6. The normalized spacial score (nSPS) is 19.9. The van der Waals surface area contributed by atoms with Gasteiger partial charge < -0.3 is 5.32 Å². The molecule has 1 aromatic rings. The molecule has 1 N–H and O–H groups in total. The first-order valence-electron chi connectivity index (χ1n) is 7.45. The van der Waals surface area contributed by atoms with Crippen LogP contribution in [0.25, 0.3) is 0 Å². The largest absolute Gasteiger partial charge is 0.351 e. The highest BCUT2D eigenvalue weighted by molar-refractivity contribution is 7.91. The summed E-state index contributed by atoms with van der Waals surface area (Å²) in [6.45, 7) is 2.40. The highest BCUT2D eigenvalue weighted by atomic mass is 32.2. The molecular formula is C15H20F2N2O3S. The molecule has 1 heterocycles. The summed E-state index contributed by atoms with van der Waals surface area (Å²) in [7, 11) is -3.05. The SMILES string of the molecule is CCN(CC(=O)N[C@@H]1CCS(=O)(=O)C1)Cc1cccc(F)c1F. The number of sulfone groups is 1. The second-order valence-electron chi connectivity index (χ2n) is 5.68. The van der Waals surface area contributed by atoms with Crippen molar-refractivity contribution in [2.75, 3.05) is 24.6 Å². The summed E-state index contributed by atoms with van der Waals surface area (Å²) in [5.41, 5.74) is 0.183. The third kappa shape index (κ3) is 4.97. The summed E-state index contributed by atoms with van der Waals surface area (Å²) < 4.78 is 49.6. The van der Waals surface area contributed by atoms with Crippen LogP contribution in [-0.4, -0.2) is 49.9 Å². The molecule has 2 rings (SSSR count). The first-order chi connectivity index (χ1) is 10.8. The van der Waals surface area contributed by atoms with Crippen molar-refractivity contribution in [2.24, 2.45) is 0 Å². The Balaban J connectivity index is 1.91. The Morgan fingerprint density at radius 1 is 1.39 bits per heavy atom. The molecule has 0 aromatic heterocycles. The lowest BCUT2D eigenvalue weighted by molar-refractivity contribution is -0.122. The number of halogens is 2. The van der Waals surface area contributed by atoms with Gasteiger partial charge in [-0.1, -0.05) is 19.1 Å². The molecule has 1 amide bonds. The van der Waals surface area contributed by atoms with Crippen LogP contribution in [0.5, 0.6) is 0 Å². The molecule has 1 fully saturated rings. The average molecular weight is 346 g/mol. The van der Waals surface area contributed by atoms with Crippen molar-refractivity contribution in [3.63, 3.8) is 0 Å². The van der Waals surface area contributed by atoms with Gasteiger partial charge in [-0.25, -0.2) is 17.2 Å². The van der Waals surface area contributed by atoms with Crippen LogP contribution in [0.15, 0.2) is 18.2 Å². The molecular weight excluding hydrogens is 326 g/mol. The minimum absolute atomic E-state index is 0.00298. The van der Waals surface area contributed by atoms with Crippen LogP contribution in [0.1, 0.15) is 18.9 Å². The molecule has 1 aliphatic heterocycles. The van der Waals surface area contributed by atoms with Gasteiger partial charge in [0.1, 0.15) is 0 Å². The van der Waals surface area contributed by atoms with Gasteiger partial charge in [-0.2, -0.15) is 0 Å². The van der Waals surface area contributed by atoms with Gasteiger partial charge in [0, 0.05) is 18.2 Å². The summed E-state index contributed by atoms with van der Waals surface area (Å²) in [4.78, 5) is 13.7. The number of amides is 1. The first kappa shape index (κ1) is 17.8. The predicted octanol–water partition coefficient (Wildman–Crippen LogP) is 1.09. The third-order valence-electron chi connectivity index (χ3n) is 3.84. The van der Waals surface area contributed by atoms with Crippen molar-refractivity contribution in [2.45, 2.75) is 25.9 Å². The second-order valence-corrected chi connectivity index (χ2v) is 7.91. The van der Waals surface area contributed by atoms with Crippen molar-refractivity contribution in [1.29, 1.82) is 0 Å². The van der Waals surface area contributed by atoms with Crippen LogP contribution in [0, 0.1) is 11.6 Å². The standard InChI is InChI=1S/C15H20F2N2O3S/c1-2-19(8-11-4-3-5-13(16)15(11)17)9-14(20)18-12-6-7-23(21,22)10-12/h3-5,12H,2,6-10H2,1H3,(H,18,20)/t12-/m1/s1. The minimum Gasteiger partial charge on any atom is -0.351 e. The van der Waals surface area contributed by atoms with E-state index in [2.05, 4.69) is 5.32 Å². The van der Waals surface area contributed by atoms with Crippen molar-refractivity contribution in [3.8, 4) is 0 Å². The summed E-state index contributed by atoms with van der Waals surface area (Å²) in [6, 6.07) is 3.58. The fourth-order valence-corrected chi connectivity index (χ4v) is 4.25. The molecule has 8 heteroatoms. The number of benzene rings is 1. The first-order valence-corrected chi connectivity index (χ1v) is 9.28. The molecule has 1 aliphatic rings. The van der Waals surface area contributed by atoms with E-state index in [1.807, 2.05) is 6.92 Å². The molecule has 0 spiro atoms. The Bertz CT molecular complexity index is 679. The maximum absolute atomic E-state index is 13.7. The van der Waals surface area contributed by atoms with E-state index in [0.29, 0.717) is 13.0 Å². The summed E-state index contributed by atoms with van der Waals surface area (Å²) in [6.07, 6.45) is 0.415. The molecule has 0 unspecified atom stereocenters. The zero-order valence-electron chi connectivity index (χ0n) is 12.9. The van der Waals surface area contributed by atoms with E-state index in [4.69, 9.17) is 0 Å². The van der Waals surface area contributed by atoms with Crippen molar-refractivity contribution in [1.82, 2.24) is 10.2 Å². The highest BCUT2D eigenvalue weighted by Gasteiger charge is 2.29.